The second-order valence-corrected chi connectivity index (χ2v) is 5.62. The van der Waals surface area contributed by atoms with Crippen molar-refractivity contribution >= 4 is 17.5 Å². The third-order valence-corrected chi connectivity index (χ3v) is 3.94. The molecule has 1 aromatic heterocycles. The smallest absolute Gasteiger partial charge is 0.254 e. The van der Waals surface area contributed by atoms with E-state index >= 15 is 0 Å². The van der Waals surface area contributed by atoms with Crippen LogP contribution in [0, 0.1) is 5.92 Å². The van der Waals surface area contributed by atoms with Crippen LogP contribution < -0.4 is 0 Å². The Hall–Kier alpha value is -1.09. The number of aryl methyl sites for hydroxylation is 1. The highest BCUT2D eigenvalue weighted by Crippen LogP contribution is 2.22. The van der Waals surface area contributed by atoms with E-state index in [1.54, 1.807) is 6.07 Å². The van der Waals surface area contributed by atoms with Crippen molar-refractivity contribution in [3.63, 3.8) is 0 Å². The van der Waals surface area contributed by atoms with Gasteiger partial charge < -0.3 is 4.90 Å². The van der Waals surface area contributed by atoms with Crippen LogP contribution >= 0.6 is 11.6 Å². The summed E-state index contributed by atoms with van der Waals surface area (Å²) in [5.41, 5.74) is 1.59. The SMILES string of the molecule is CCCc1cc(C(=O)N2CCC(CC)C2)cc(Cl)n1. The first-order chi connectivity index (χ1) is 9.13. The van der Waals surface area contributed by atoms with Crippen molar-refractivity contribution in [3.05, 3.63) is 28.5 Å². The van der Waals surface area contributed by atoms with E-state index in [0.717, 1.165) is 44.5 Å². The molecule has 0 spiro atoms. The summed E-state index contributed by atoms with van der Waals surface area (Å²) in [6.45, 7) is 6.01. The Morgan fingerprint density at radius 2 is 2.26 bits per heavy atom. The number of rotatable bonds is 4. The predicted octanol–water partition coefficient (Wildman–Crippen LogP) is 3.56. The molecule has 0 aromatic carbocycles. The molecule has 1 aliphatic rings. The van der Waals surface area contributed by atoms with Crippen LogP contribution in [0.3, 0.4) is 0 Å². The summed E-state index contributed by atoms with van der Waals surface area (Å²) >= 11 is 6.01. The molecule has 3 nitrogen and oxygen atoms in total. The molecule has 2 rings (SSSR count). The van der Waals surface area contributed by atoms with Gasteiger partial charge in [-0.3, -0.25) is 4.79 Å². The van der Waals surface area contributed by atoms with Crippen molar-refractivity contribution in [2.45, 2.75) is 39.5 Å². The van der Waals surface area contributed by atoms with E-state index in [9.17, 15) is 4.79 Å². The van der Waals surface area contributed by atoms with Crippen LogP contribution in [0.2, 0.25) is 5.15 Å². The Labute approximate surface area is 120 Å². The minimum Gasteiger partial charge on any atom is -0.338 e. The largest absolute Gasteiger partial charge is 0.338 e. The first-order valence-corrected chi connectivity index (χ1v) is 7.47. The highest BCUT2D eigenvalue weighted by atomic mass is 35.5. The van der Waals surface area contributed by atoms with E-state index < -0.39 is 0 Å². The standard InChI is InChI=1S/C15H21ClN2O/c1-3-5-13-8-12(9-14(16)17-13)15(19)18-7-6-11(4-2)10-18/h8-9,11H,3-7,10H2,1-2H3. The second kappa shape index (κ2) is 6.38. The summed E-state index contributed by atoms with van der Waals surface area (Å²) in [5.74, 6) is 0.744. The number of likely N-dealkylation sites (tertiary alicyclic amines) is 1. The normalized spacial score (nSPS) is 18.9. The Bertz CT molecular complexity index is 461. The molecule has 0 aliphatic carbocycles. The molecule has 19 heavy (non-hydrogen) atoms. The molecular weight excluding hydrogens is 260 g/mol. The van der Waals surface area contributed by atoms with Crippen LogP contribution in [0.1, 0.15) is 49.2 Å². The Kier molecular flexibility index (Phi) is 4.81. The number of aromatic nitrogens is 1. The van der Waals surface area contributed by atoms with Gasteiger partial charge in [-0.2, -0.15) is 0 Å². The monoisotopic (exact) mass is 280 g/mol. The van der Waals surface area contributed by atoms with Crippen LogP contribution in [-0.2, 0) is 6.42 Å². The van der Waals surface area contributed by atoms with Gasteiger partial charge in [0, 0.05) is 24.3 Å². The molecule has 2 heterocycles. The van der Waals surface area contributed by atoms with Crippen molar-refractivity contribution in [1.29, 1.82) is 0 Å². The molecule has 104 valence electrons. The van der Waals surface area contributed by atoms with E-state index in [1.165, 1.54) is 0 Å². The molecule has 1 aromatic rings. The maximum absolute atomic E-state index is 12.5. The van der Waals surface area contributed by atoms with Gasteiger partial charge in [-0.1, -0.05) is 38.3 Å². The number of amides is 1. The van der Waals surface area contributed by atoms with Crippen LogP contribution in [0.15, 0.2) is 12.1 Å². The molecule has 1 unspecified atom stereocenters. The van der Waals surface area contributed by atoms with Crippen molar-refractivity contribution in [2.75, 3.05) is 13.1 Å². The van der Waals surface area contributed by atoms with E-state index in [2.05, 4.69) is 18.8 Å². The maximum atomic E-state index is 12.5. The number of halogens is 1. The van der Waals surface area contributed by atoms with Gasteiger partial charge >= 0.3 is 0 Å². The van der Waals surface area contributed by atoms with Crippen LogP contribution in [-0.4, -0.2) is 28.9 Å². The Morgan fingerprint density at radius 3 is 2.89 bits per heavy atom. The Morgan fingerprint density at radius 1 is 1.47 bits per heavy atom. The molecule has 1 atom stereocenters. The van der Waals surface area contributed by atoms with Crippen molar-refractivity contribution in [3.8, 4) is 0 Å². The first kappa shape index (κ1) is 14.3. The lowest BCUT2D eigenvalue weighted by molar-refractivity contribution is 0.0786. The van der Waals surface area contributed by atoms with Gasteiger partial charge in [0.05, 0.1) is 0 Å². The van der Waals surface area contributed by atoms with Gasteiger partial charge in [-0.05, 0) is 30.9 Å². The van der Waals surface area contributed by atoms with E-state index in [1.807, 2.05) is 11.0 Å². The topological polar surface area (TPSA) is 33.2 Å². The van der Waals surface area contributed by atoms with Crippen molar-refractivity contribution < 1.29 is 4.79 Å². The summed E-state index contributed by atoms with van der Waals surface area (Å²) in [4.78, 5) is 18.7. The van der Waals surface area contributed by atoms with Gasteiger partial charge in [-0.15, -0.1) is 0 Å². The average molecular weight is 281 g/mol. The van der Waals surface area contributed by atoms with Gasteiger partial charge in [0.1, 0.15) is 5.15 Å². The lowest BCUT2D eigenvalue weighted by Gasteiger charge is -2.17. The minimum absolute atomic E-state index is 0.0950. The zero-order chi connectivity index (χ0) is 13.8. The second-order valence-electron chi connectivity index (χ2n) is 5.23. The maximum Gasteiger partial charge on any atom is 0.254 e. The fourth-order valence-corrected chi connectivity index (χ4v) is 2.82. The van der Waals surface area contributed by atoms with Gasteiger partial charge in [0.25, 0.3) is 5.91 Å². The van der Waals surface area contributed by atoms with Crippen LogP contribution in [0.4, 0.5) is 0 Å². The van der Waals surface area contributed by atoms with Crippen LogP contribution in [0.5, 0.6) is 0 Å². The summed E-state index contributed by atoms with van der Waals surface area (Å²) in [6, 6.07) is 3.57. The lowest BCUT2D eigenvalue weighted by Crippen LogP contribution is -2.28. The predicted molar refractivity (Wildman–Crippen MR) is 77.5 cm³/mol. The summed E-state index contributed by atoms with van der Waals surface area (Å²) in [5, 5.41) is 0.417. The average Bonchev–Trinajstić information content (AvgIpc) is 2.86. The molecule has 1 amide bonds. The van der Waals surface area contributed by atoms with Gasteiger partial charge in [-0.25, -0.2) is 4.98 Å². The number of carbonyl (C=O) groups excluding carboxylic acids is 1. The number of carbonyl (C=O) groups is 1. The number of nitrogens with zero attached hydrogens (tertiary/aromatic N) is 2. The molecular formula is C15H21ClN2O. The quantitative estimate of drug-likeness (QED) is 0.790. The molecule has 1 saturated heterocycles. The fraction of sp³-hybridized carbons (Fsp3) is 0.600. The molecule has 1 aliphatic heterocycles. The number of hydrogen-bond acceptors (Lipinski definition) is 2. The van der Waals surface area contributed by atoms with E-state index in [4.69, 9.17) is 11.6 Å². The molecule has 1 fully saturated rings. The molecule has 4 heteroatoms. The first-order valence-electron chi connectivity index (χ1n) is 7.09. The molecule has 0 radical (unpaired) electrons. The molecule has 0 N–H and O–H groups in total. The van der Waals surface area contributed by atoms with Crippen molar-refractivity contribution in [2.24, 2.45) is 5.92 Å². The van der Waals surface area contributed by atoms with E-state index in [0.29, 0.717) is 16.6 Å². The zero-order valence-corrected chi connectivity index (χ0v) is 12.4. The van der Waals surface area contributed by atoms with Gasteiger partial charge in [0.2, 0.25) is 0 Å². The molecule has 0 saturated carbocycles. The van der Waals surface area contributed by atoms with E-state index in [-0.39, 0.29) is 5.91 Å². The number of hydrogen-bond donors (Lipinski definition) is 0. The Balaban J connectivity index is 2.14. The summed E-state index contributed by atoms with van der Waals surface area (Å²) in [7, 11) is 0. The lowest BCUT2D eigenvalue weighted by atomic mass is 10.1. The molecule has 0 bridgehead atoms. The zero-order valence-electron chi connectivity index (χ0n) is 11.7. The van der Waals surface area contributed by atoms with Gasteiger partial charge in [0.15, 0.2) is 0 Å². The fourth-order valence-electron chi connectivity index (χ4n) is 2.59. The minimum atomic E-state index is 0.0950. The summed E-state index contributed by atoms with van der Waals surface area (Å²) < 4.78 is 0. The highest BCUT2D eigenvalue weighted by molar-refractivity contribution is 6.29. The number of pyridine rings is 1. The summed E-state index contributed by atoms with van der Waals surface area (Å²) in [6.07, 6.45) is 4.12. The highest BCUT2D eigenvalue weighted by Gasteiger charge is 2.26. The third-order valence-electron chi connectivity index (χ3n) is 3.75. The van der Waals surface area contributed by atoms with Crippen molar-refractivity contribution in [1.82, 2.24) is 9.88 Å². The third kappa shape index (κ3) is 3.47. The van der Waals surface area contributed by atoms with Crippen LogP contribution in [0.25, 0.3) is 0 Å².